The monoisotopic (exact) mass is 234 g/mol. The Bertz CT molecular complexity index is 388. The van der Waals surface area contributed by atoms with E-state index in [2.05, 4.69) is 9.88 Å². The molecule has 0 saturated heterocycles. The third-order valence-corrected chi connectivity index (χ3v) is 2.48. The van der Waals surface area contributed by atoms with Crippen LogP contribution < -0.4 is 0 Å². The van der Waals surface area contributed by atoms with Crippen LogP contribution in [0.4, 0.5) is 0 Å². The zero-order valence-electron chi connectivity index (χ0n) is 10.3. The van der Waals surface area contributed by atoms with Crippen LogP contribution in [0.5, 0.6) is 0 Å². The molecule has 0 saturated carbocycles. The van der Waals surface area contributed by atoms with Gasteiger partial charge in [0.15, 0.2) is 0 Å². The molecule has 1 N–H and O–H groups in total. The summed E-state index contributed by atoms with van der Waals surface area (Å²) in [5.74, 6) is -0.831. The Morgan fingerprint density at radius 2 is 2.35 bits per heavy atom. The van der Waals surface area contributed by atoms with Crippen LogP contribution >= 0.6 is 0 Å². The maximum Gasteiger partial charge on any atom is 0.331 e. The van der Waals surface area contributed by atoms with Gasteiger partial charge in [-0.3, -0.25) is 9.88 Å². The van der Waals surface area contributed by atoms with Crippen molar-refractivity contribution in [1.29, 1.82) is 0 Å². The average Bonchev–Trinajstić information content (AvgIpc) is 2.30. The van der Waals surface area contributed by atoms with E-state index in [1.54, 1.807) is 12.3 Å². The highest BCUT2D eigenvalue weighted by Gasteiger charge is 2.04. The van der Waals surface area contributed by atoms with Crippen LogP contribution in [0.3, 0.4) is 0 Å². The van der Waals surface area contributed by atoms with Crippen molar-refractivity contribution in [2.45, 2.75) is 19.9 Å². The molecule has 1 heterocycles. The summed E-state index contributed by atoms with van der Waals surface area (Å²) in [6.45, 7) is 3.24. The van der Waals surface area contributed by atoms with E-state index in [9.17, 15) is 4.79 Å². The average molecular weight is 234 g/mol. The van der Waals surface area contributed by atoms with Gasteiger partial charge < -0.3 is 5.11 Å². The van der Waals surface area contributed by atoms with Gasteiger partial charge in [-0.05, 0) is 25.1 Å². The third kappa shape index (κ3) is 4.78. The van der Waals surface area contributed by atoms with Crippen molar-refractivity contribution < 1.29 is 9.90 Å². The number of likely N-dealkylation sites (N-methyl/N-ethyl adjacent to an activating group) is 1. The lowest BCUT2D eigenvalue weighted by atomic mass is 10.2. The molecule has 0 spiro atoms. The van der Waals surface area contributed by atoms with Crippen molar-refractivity contribution in [3.8, 4) is 0 Å². The fraction of sp³-hybridized carbons (Fsp3) is 0.385. The maximum absolute atomic E-state index is 10.8. The summed E-state index contributed by atoms with van der Waals surface area (Å²) in [4.78, 5) is 16.9. The standard InChI is InChI=1S/C13H18N2O2/c1-3-12(13(16)17)6-8-15(2)10-11-5-4-7-14-9-11/h4-7,9H,3,8,10H2,1-2H3,(H,16,17). The van der Waals surface area contributed by atoms with E-state index in [1.807, 2.05) is 32.3 Å². The number of pyridine rings is 1. The first-order chi connectivity index (χ1) is 8.13. The van der Waals surface area contributed by atoms with Crippen LogP contribution in [0.1, 0.15) is 18.9 Å². The van der Waals surface area contributed by atoms with Gasteiger partial charge in [-0.1, -0.05) is 19.1 Å². The van der Waals surface area contributed by atoms with E-state index < -0.39 is 5.97 Å². The molecular weight excluding hydrogens is 216 g/mol. The Balaban J connectivity index is 2.50. The normalized spacial score (nSPS) is 11.8. The second-order valence-corrected chi connectivity index (χ2v) is 3.95. The number of carbonyl (C=O) groups is 1. The smallest absolute Gasteiger partial charge is 0.331 e. The van der Waals surface area contributed by atoms with Crippen molar-refractivity contribution in [2.75, 3.05) is 13.6 Å². The molecule has 1 aromatic rings. The molecule has 0 amide bonds. The Kier molecular flexibility index (Phi) is 5.36. The number of aliphatic carboxylic acids is 1. The third-order valence-electron chi connectivity index (χ3n) is 2.48. The summed E-state index contributed by atoms with van der Waals surface area (Å²) in [6, 6.07) is 3.90. The molecule has 4 heteroatoms. The molecule has 0 fully saturated rings. The Labute approximate surface area is 102 Å². The second kappa shape index (κ2) is 6.81. The van der Waals surface area contributed by atoms with Gasteiger partial charge in [0.25, 0.3) is 0 Å². The van der Waals surface area contributed by atoms with E-state index in [1.165, 1.54) is 0 Å². The topological polar surface area (TPSA) is 53.4 Å². The van der Waals surface area contributed by atoms with Crippen molar-refractivity contribution >= 4 is 5.97 Å². The summed E-state index contributed by atoms with van der Waals surface area (Å²) < 4.78 is 0. The molecular formula is C13H18N2O2. The molecule has 0 aromatic carbocycles. The highest BCUT2D eigenvalue weighted by Crippen LogP contribution is 2.04. The minimum atomic E-state index is -0.831. The summed E-state index contributed by atoms with van der Waals surface area (Å²) in [7, 11) is 1.96. The number of carboxylic acids is 1. The van der Waals surface area contributed by atoms with Crippen LogP contribution in [0, 0.1) is 0 Å². The number of carboxylic acid groups (broad SMARTS) is 1. The van der Waals surface area contributed by atoms with Crippen LogP contribution in [0.15, 0.2) is 36.2 Å². The molecule has 0 bridgehead atoms. The van der Waals surface area contributed by atoms with Crippen molar-refractivity contribution in [1.82, 2.24) is 9.88 Å². The van der Waals surface area contributed by atoms with Crippen LogP contribution in [-0.2, 0) is 11.3 Å². The molecule has 17 heavy (non-hydrogen) atoms. The molecule has 1 rings (SSSR count). The van der Waals surface area contributed by atoms with Gasteiger partial charge in [-0.2, -0.15) is 0 Å². The van der Waals surface area contributed by atoms with Crippen molar-refractivity contribution in [3.05, 3.63) is 41.7 Å². The van der Waals surface area contributed by atoms with Crippen LogP contribution in [0.2, 0.25) is 0 Å². The first kappa shape index (κ1) is 13.4. The van der Waals surface area contributed by atoms with Gasteiger partial charge in [-0.15, -0.1) is 0 Å². The summed E-state index contributed by atoms with van der Waals surface area (Å²) in [5.41, 5.74) is 1.58. The second-order valence-electron chi connectivity index (χ2n) is 3.95. The van der Waals surface area contributed by atoms with Gasteiger partial charge in [0.1, 0.15) is 0 Å². The lowest BCUT2D eigenvalue weighted by Crippen LogP contribution is -2.18. The van der Waals surface area contributed by atoms with Gasteiger partial charge in [-0.25, -0.2) is 4.79 Å². The quantitative estimate of drug-likeness (QED) is 0.764. The molecule has 4 nitrogen and oxygen atoms in total. The largest absolute Gasteiger partial charge is 0.478 e. The highest BCUT2D eigenvalue weighted by atomic mass is 16.4. The van der Waals surface area contributed by atoms with Gasteiger partial charge in [0.2, 0.25) is 0 Å². The van der Waals surface area contributed by atoms with E-state index in [0.717, 1.165) is 12.1 Å². The van der Waals surface area contributed by atoms with Gasteiger partial charge in [0, 0.05) is 31.1 Å². The molecule has 0 aliphatic rings. The van der Waals surface area contributed by atoms with Crippen molar-refractivity contribution in [2.24, 2.45) is 0 Å². The zero-order valence-corrected chi connectivity index (χ0v) is 10.3. The number of nitrogens with zero attached hydrogens (tertiary/aromatic N) is 2. The molecule has 1 aromatic heterocycles. The Hall–Kier alpha value is -1.68. The Morgan fingerprint density at radius 3 is 2.88 bits per heavy atom. The van der Waals surface area contributed by atoms with Crippen LogP contribution in [-0.4, -0.2) is 34.6 Å². The van der Waals surface area contributed by atoms with E-state index in [0.29, 0.717) is 18.5 Å². The number of rotatable bonds is 6. The first-order valence-corrected chi connectivity index (χ1v) is 5.63. The predicted octanol–water partition coefficient (Wildman–Crippen LogP) is 1.93. The van der Waals surface area contributed by atoms with E-state index in [-0.39, 0.29) is 0 Å². The molecule has 0 unspecified atom stereocenters. The summed E-state index contributed by atoms with van der Waals surface area (Å²) in [6.07, 6.45) is 5.87. The lowest BCUT2D eigenvalue weighted by Gasteiger charge is -2.14. The fourth-order valence-corrected chi connectivity index (χ4v) is 1.52. The van der Waals surface area contributed by atoms with Crippen LogP contribution in [0.25, 0.3) is 0 Å². The van der Waals surface area contributed by atoms with E-state index in [4.69, 9.17) is 5.11 Å². The van der Waals surface area contributed by atoms with Crippen molar-refractivity contribution in [3.63, 3.8) is 0 Å². The SMILES string of the molecule is CCC(=CCN(C)Cc1cccnc1)C(=O)O. The Morgan fingerprint density at radius 1 is 1.59 bits per heavy atom. The molecule has 92 valence electrons. The fourth-order valence-electron chi connectivity index (χ4n) is 1.52. The number of hydrogen-bond acceptors (Lipinski definition) is 3. The van der Waals surface area contributed by atoms with Gasteiger partial charge >= 0.3 is 5.97 Å². The minimum absolute atomic E-state index is 0.461. The van der Waals surface area contributed by atoms with Gasteiger partial charge in [0.05, 0.1) is 0 Å². The highest BCUT2D eigenvalue weighted by molar-refractivity contribution is 5.86. The first-order valence-electron chi connectivity index (χ1n) is 5.63. The number of aromatic nitrogens is 1. The predicted molar refractivity (Wildman–Crippen MR) is 66.6 cm³/mol. The lowest BCUT2D eigenvalue weighted by molar-refractivity contribution is -0.132. The molecule has 0 atom stereocenters. The molecule has 0 aliphatic carbocycles. The minimum Gasteiger partial charge on any atom is -0.478 e. The number of hydrogen-bond donors (Lipinski definition) is 1. The van der Waals surface area contributed by atoms with E-state index >= 15 is 0 Å². The molecule has 0 aliphatic heterocycles. The maximum atomic E-state index is 10.8. The summed E-state index contributed by atoms with van der Waals surface area (Å²) in [5, 5.41) is 8.88. The zero-order chi connectivity index (χ0) is 12.7. The summed E-state index contributed by atoms with van der Waals surface area (Å²) >= 11 is 0. The molecule has 0 radical (unpaired) electrons.